The Morgan fingerprint density at radius 3 is 2.83 bits per heavy atom. The number of benzene rings is 1. The van der Waals surface area contributed by atoms with Gasteiger partial charge in [0.05, 0.1) is 24.7 Å². The zero-order chi connectivity index (χ0) is 25.4. The Kier molecular flexibility index (Phi) is 5.89. The van der Waals surface area contributed by atoms with Crippen molar-refractivity contribution in [1.29, 1.82) is 5.26 Å². The summed E-state index contributed by atoms with van der Waals surface area (Å²) in [6, 6.07) is 4.90. The van der Waals surface area contributed by atoms with Gasteiger partial charge in [-0.3, -0.25) is 4.72 Å². The number of ether oxygens (including phenoxy) is 1. The molecule has 1 aliphatic rings. The van der Waals surface area contributed by atoms with Gasteiger partial charge in [0.2, 0.25) is 5.88 Å². The number of imidazole rings is 2. The molecule has 0 fully saturated rings. The molecule has 1 atom stereocenters. The first-order valence-corrected chi connectivity index (χ1v) is 12.3. The molecule has 3 aromatic heterocycles. The molecule has 1 aromatic carbocycles. The quantitative estimate of drug-likeness (QED) is 0.405. The summed E-state index contributed by atoms with van der Waals surface area (Å²) in [4.78, 5) is 15.0. The second kappa shape index (κ2) is 9.04. The molecule has 4 aromatic rings. The minimum Gasteiger partial charge on any atom is -0.480 e. The largest absolute Gasteiger partial charge is 0.480 e. The van der Waals surface area contributed by atoms with Gasteiger partial charge in [-0.2, -0.15) is 5.26 Å². The number of hydrogen-bond acceptors (Lipinski definition) is 7. The van der Waals surface area contributed by atoms with Crippen molar-refractivity contribution in [3.63, 3.8) is 0 Å². The normalized spacial score (nSPS) is 15.2. The number of sulfonamides is 1. The van der Waals surface area contributed by atoms with Crippen LogP contribution in [0.5, 0.6) is 5.88 Å². The fourth-order valence-corrected chi connectivity index (χ4v) is 5.56. The Labute approximate surface area is 204 Å². The number of nitrogens with zero attached hydrogens (tertiary/aromatic N) is 5. The molecule has 0 saturated carbocycles. The fraction of sp³-hybridized carbons (Fsp3) is 0.217. The zero-order valence-electron chi connectivity index (χ0n) is 18.9. The number of nitrogens with one attached hydrogen (secondary N) is 2. The van der Waals surface area contributed by atoms with Crippen LogP contribution in [0.1, 0.15) is 29.2 Å². The maximum absolute atomic E-state index is 15.6. The van der Waals surface area contributed by atoms with Gasteiger partial charge in [-0.1, -0.05) is 0 Å². The molecule has 13 heteroatoms. The molecule has 0 saturated heterocycles. The molecule has 0 amide bonds. The van der Waals surface area contributed by atoms with Crippen molar-refractivity contribution in [2.24, 2.45) is 0 Å². The standard InChI is InChI=1S/C23H19F2N7O3S/c1-35-23-18(8-13(9-26)10-29-23)36(33,34)31-16-4-3-15(24)19(20(16)25)14-2-5-17-21(22-27-6-7-28-22)30-12-32(17)11-14/h3-4,6-8,10,12,14,31H,2,5,11H2,1H3,(H,27,28). The van der Waals surface area contributed by atoms with E-state index in [9.17, 15) is 12.8 Å². The lowest BCUT2D eigenvalue weighted by atomic mass is 9.89. The monoisotopic (exact) mass is 511 g/mol. The Morgan fingerprint density at radius 1 is 1.28 bits per heavy atom. The van der Waals surface area contributed by atoms with E-state index in [1.165, 1.54) is 7.11 Å². The first kappa shape index (κ1) is 23.4. The lowest BCUT2D eigenvalue weighted by molar-refractivity contribution is 0.385. The minimum atomic E-state index is -4.42. The number of fused-ring (bicyclic) bond motifs is 1. The Balaban J connectivity index is 1.47. The van der Waals surface area contributed by atoms with Crippen LogP contribution in [-0.4, -0.2) is 40.0 Å². The van der Waals surface area contributed by atoms with Gasteiger partial charge < -0.3 is 14.3 Å². The van der Waals surface area contributed by atoms with Gasteiger partial charge in [-0.15, -0.1) is 0 Å². The van der Waals surface area contributed by atoms with E-state index >= 15 is 4.39 Å². The highest BCUT2D eigenvalue weighted by Gasteiger charge is 2.30. The van der Waals surface area contributed by atoms with Crippen molar-refractivity contribution in [2.75, 3.05) is 11.8 Å². The van der Waals surface area contributed by atoms with E-state index in [0.717, 1.165) is 30.1 Å². The van der Waals surface area contributed by atoms with Gasteiger partial charge >= 0.3 is 0 Å². The molecule has 0 spiro atoms. The summed E-state index contributed by atoms with van der Waals surface area (Å²) in [5.41, 5.74) is 0.913. The third-order valence-electron chi connectivity index (χ3n) is 6.02. The average molecular weight is 512 g/mol. The van der Waals surface area contributed by atoms with Crippen molar-refractivity contribution in [3.05, 3.63) is 71.6 Å². The number of methoxy groups -OCH3 is 1. The number of H-pyrrole nitrogens is 1. The second-order valence-electron chi connectivity index (χ2n) is 8.14. The van der Waals surface area contributed by atoms with Crippen molar-refractivity contribution in [2.45, 2.75) is 30.2 Å². The van der Waals surface area contributed by atoms with Crippen LogP contribution >= 0.6 is 0 Å². The van der Waals surface area contributed by atoms with Crippen LogP contribution in [0, 0.1) is 23.0 Å². The second-order valence-corrected chi connectivity index (χ2v) is 9.79. The van der Waals surface area contributed by atoms with Crippen molar-refractivity contribution in [1.82, 2.24) is 24.5 Å². The zero-order valence-corrected chi connectivity index (χ0v) is 19.7. The summed E-state index contributed by atoms with van der Waals surface area (Å²) in [6.45, 7) is 0.259. The van der Waals surface area contributed by atoms with Gasteiger partial charge in [-0.05, 0) is 31.0 Å². The predicted molar refractivity (Wildman–Crippen MR) is 124 cm³/mol. The van der Waals surface area contributed by atoms with Gasteiger partial charge in [-0.25, -0.2) is 32.2 Å². The van der Waals surface area contributed by atoms with Crippen molar-refractivity contribution >= 4 is 15.7 Å². The molecule has 0 radical (unpaired) electrons. The summed E-state index contributed by atoms with van der Waals surface area (Å²) in [5, 5.41) is 9.10. The molecule has 10 nitrogen and oxygen atoms in total. The van der Waals surface area contributed by atoms with E-state index in [-0.39, 0.29) is 23.6 Å². The number of aromatic nitrogens is 5. The van der Waals surface area contributed by atoms with Crippen LogP contribution in [0.4, 0.5) is 14.5 Å². The number of nitriles is 1. The maximum atomic E-state index is 15.6. The van der Waals surface area contributed by atoms with Crippen molar-refractivity contribution < 1.29 is 21.9 Å². The summed E-state index contributed by atoms with van der Waals surface area (Å²) >= 11 is 0. The first-order chi connectivity index (χ1) is 17.3. The van der Waals surface area contributed by atoms with Crippen LogP contribution in [-0.2, 0) is 23.0 Å². The average Bonchev–Trinajstić information content (AvgIpc) is 3.55. The number of hydrogen-bond donors (Lipinski definition) is 2. The first-order valence-electron chi connectivity index (χ1n) is 10.8. The molecule has 5 rings (SSSR count). The number of anilines is 1. The van der Waals surface area contributed by atoms with E-state index in [0.29, 0.717) is 24.4 Å². The van der Waals surface area contributed by atoms with E-state index < -0.39 is 38.2 Å². The highest BCUT2D eigenvalue weighted by Crippen LogP contribution is 2.37. The summed E-state index contributed by atoms with van der Waals surface area (Å²) in [6.07, 6.45) is 6.98. The number of aromatic amines is 1. The molecule has 0 bridgehead atoms. The lowest BCUT2D eigenvalue weighted by Gasteiger charge is -2.26. The van der Waals surface area contributed by atoms with Gasteiger partial charge in [0, 0.05) is 42.3 Å². The SMILES string of the molecule is COc1ncc(C#N)cc1S(=O)(=O)Nc1ccc(F)c(C2CCc3c(-c4ncc[nH]4)ncn3C2)c1F. The van der Waals surface area contributed by atoms with E-state index in [1.54, 1.807) is 24.8 Å². The summed E-state index contributed by atoms with van der Waals surface area (Å²) < 4.78 is 65.5. The summed E-state index contributed by atoms with van der Waals surface area (Å²) in [7, 11) is -3.20. The van der Waals surface area contributed by atoms with Crippen LogP contribution in [0.15, 0.2) is 48.0 Å². The van der Waals surface area contributed by atoms with Gasteiger partial charge in [0.15, 0.2) is 16.5 Å². The lowest BCUT2D eigenvalue weighted by Crippen LogP contribution is -2.22. The number of rotatable bonds is 6. The Hall–Kier alpha value is -4.31. The van der Waals surface area contributed by atoms with Crippen LogP contribution in [0.2, 0.25) is 0 Å². The van der Waals surface area contributed by atoms with Gasteiger partial charge in [0.1, 0.15) is 17.6 Å². The smallest absolute Gasteiger partial charge is 0.267 e. The summed E-state index contributed by atoms with van der Waals surface area (Å²) in [5.74, 6) is -2.00. The molecule has 4 heterocycles. The number of halogens is 2. The van der Waals surface area contributed by atoms with E-state index in [4.69, 9.17) is 10.00 Å². The van der Waals surface area contributed by atoms with Gasteiger partial charge in [0.25, 0.3) is 10.0 Å². The van der Waals surface area contributed by atoms with Crippen molar-refractivity contribution in [3.8, 4) is 23.5 Å². The molecule has 36 heavy (non-hydrogen) atoms. The molecular formula is C23H19F2N7O3S. The third kappa shape index (κ3) is 4.05. The Morgan fingerprint density at radius 2 is 2.11 bits per heavy atom. The van der Waals surface area contributed by atoms with Crippen LogP contribution in [0.3, 0.4) is 0 Å². The predicted octanol–water partition coefficient (Wildman–Crippen LogP) is 3.36. The van der Waals surface area contributed by atoms with E-state index in [2.05, 4.69) is 24.7 Å². The highest BCUT2D eigenvalue weighted by molar-refractivity contribution is 7.92. The molecule has 2 N–H and O–H groups in total. The van der Waals surface area contributed by atoms with Crippen LogP contribution in [0.25, 0.3) is 11.5 Å². The Bertz CT molecular complexity index is 1590. The third-order valence-corrected chi connectivity index (χ3v) is 7.38. The molecule has 0 aliphatic carbocycles. The molecule has 1 unspecified atom stereocenters. The number of pyridine rings is 1. The molecule has 1 aliphatic heterocycles. The maximum Gasteiger partial charge on any atom is 0.267 e. The topological polar surface area (TPSA) is 139 Å². The minimum absolute atomic E-state index is 0.0244. The fourth-order valence-electron chi connectivity index (χ4n) is 4.36. The van der Waals surface area contributed by atoms with E-state index in [1.807, 2.05) is 4.57 Å². The molecular weight excluding hydrogens is 492 g/mol. The highest BCUT2D eigenvalue weighted by atomic mass is 32.2. The molecule has 184 valence electrons. The van der Waals surface area contributed by atoms with Crippen LogP contribution < -0.4 is 9.46 Å².